The predicted octanol–water partition coefficient (Wildman–Crippen LogP) is 1.60. The lowest BCUT2D eigenvalue weighted by molar-refractivity contribution is 0.102. The van der Waals surface area contributed by atoms with E-state index in [1.54, 1.807) is 26.6 Å². The van der Waals surface area contributed by atoms with Gasteiger partial charge in [-0.1, -0.05) is 12.1 Å². The molecule has 35 heavy (non-hydrogen) atoms. The molecule has 0 spiro atoms. The number of hydrogen-bond donors (Lipinski definition) is 2. The molecular formula is C24H30BN7O3. The lowest BCUT2D eigenvalue weighted by atomic mass is 10.1. The molecule has 4 rings (SSSR count). The summed E-state index contributed by atoms with van der Waals surface area (Å²) in [6.45, 7) is 5.47. The van der Waals surface area contributed by atoms with Crippen LogP contribution >= 0.6 is 0 Å². The molecule has 3 N–H and O–H groups in total. The average molecular weight is 475 g/mol. The Kier molecular flexibility index (Phi) is 7.79. The molecule has 1 fully saturated rings. The van der Waals surface area contributed by atoms with Crippen molar-refractivity contribution in [3.8, 4) is 11.3 Å². The van der Waals surface area contributed by atoms with Crippen LogP contribution in [0.2, 0.25) is 0 Å². The van der Waals surface area contributed by atoms with Crippen molar-refractivity contribution in [1.82, 2.24) is 15.0 Å². The van der Waals surface area contributed by atoms with Crippen LogP contribution in [0.3, 0.4) is 0 Å². The van der Waals surface area contributed by atoms with Crippen LogP contribution < -0.4 is 20.9 Å². The Balaban J connectivity index is 1.54. The van der Waals surface area contributed by atoms with Gasteiger partial charge >= 0.3 is 0 Å². The van der Waals surface area contributed by atoms with Gasteiger partial charge < -0.3 is 30.2 Å². The van der Waals surface area contributed by atoms with Crippen molar-refractivity contribution < 1.29 is 14.2 Å². The molecule has 182 valence electrons. The molecule has 0 bridgehead atoms. The molecule has 3 heterocycles. The fourth-order valence-electron chi connectivity index (χ4n) is 3.92. The molecule has 0 unspecified atom stereocenters. The number of carbonyl (C=O) groups excluding carboxylic acids is 1. The third-order valence-corrected chi connectivity index (χ3v) is 6.05. The molecule has 0 aliphatic carbocycles. The SMILES string of the molecule is BOC[C@@H](C)N(C)c1ccc(-c2cnc(N)c(C(=O)Nc3cnccc3N3CCOCC3)n2)cc1. The molecule has 1 aromatic carbocycles. The zero-order valence-corrected chi connectivity index (χ0v) is 20.3. The molecule has 1 aliphatic rings. The van der Waals surface area contributed by atoms with Crippen LogP contribution in [0.15, 0.2) is 48.9 Å². The highest BCUT2D eigenvalue weighted by molar-refractivity contribution is 6.07. The highest BCUT2D eigenvalue weighted by Gasteiger charge is 2.20. The van der Waals surface area contributed by atoms with E-state index < -0.39 is 5.91 Å². The van der Waals surface area contributed by atoms with E-state index in [9.17, 15) is 4.79 Å². The summed E-state index contributed by atoms with van der Waals surface area (Å²) in [6, 6.07) is 10.0. The Morgan fingerprint density at radius 3 is 2.71 bits per heavy atom. The molecule has 1 saturated heterocycles. The number of carbonyl (C=O) groups is 1. The van der Waals surface area contributed by atoms with Gasteiger partial charge in [-0.25, -0.2) is 9.97 Å². The molecule has 0 saturated carbocycles. The molecule has 11 heteroatoms. The lowest BCUT2D eigenvalue weighted by Gasteiger charge is -2.30. The number of pyridine rings is 1. The molecule has 2 aromatic heterocycles. The Labute approximate surface area is 205 Å². The van der Waals surface area contributed by atoms with Gasteiger partial charge in [-0.3, -0.25) is 9.78 Å². The van der Waals surface area contributed by atoms with Gasteiger partial charge in [-0.2, -0.15) is 0 Å². The summed E-state index contributed by atoms with van der Waals surface area (Å²) < 4.78 is 10.7. The summed E-state index contributed by atoms with van der Waals surface area (Å²) >= 11 is 0. The van der Waals surface area contributed by atoms with E-state index in [1.165, 1.54) is 0 Å². The maximum absolute atomic E-state index is 13.2. The van der Waals surface area contributed by atoms with Crippen molar-refractivity contribution >= 4 is 36.8 Å². The van der Waals surface area contributed by atoms with Gasteiger partial charge in [0.15, 0.2) is 11.5 Å². The third kappa shape index (κ3) is 5.69. The van der Waals surface area contributed by atoms with Crippen molar-refractivity contribution in [2.75, 3.05) is 60.8 Å². The average Bonchev–Trinajstić information content (AvgIpc) is 2.89. The lowest BCUT2D eigenvalue weighted by Crippen LogP contribution is -2.36. The van der Waals surface area contributed by atoms with E-state index in [-0.39, 0.29) is 17.6 Å². The molecule has 1 atom stereocenters. The first-order valence-electron chi connectivity index (χ1n) is 11.5. The monoisotopic (exact) mass is 475 g/mol. The first-order chi connectivity index (χ1) is 17.0. The molecule has 0 radical (unpaired) electrons. The number of ether oxygens (including phenoxy) is 1. The summed E-state index contributed by atoms with van der Waals surface area (Å²) in [5.41, 5.74) is 10.00. The van der Waals surface area contributed by atoms with Gasteiger partial charge in [0.25, 0.3) is 14.0 Å². The second-order valence-corrected chi connectivity index (χ2v) is 8.40. The minimum atomic E-state index is -0.441. The van der Waals surface area contributed by atoms with Gasteiger partial charge in [-0.05, 0) is 25.1 Å². The fourth-order valence-corrected chi connectivity index (χ4v) is 3.92. The first kappa shape index (κ1) is 24.4. The fraction of sp³-hybridized carbons (Fsp3) is 0.333. The Hall–Kier alpha value is -3.70. The maximum Gasteiger partial charge on any atom is 0.278 e. The zero-order chi connectivity index (χ0) is 24.8. The molecule has 3 aromatic rings. The number of amides is 1. The van der Waals surface area contributed by atoms with Crippen LogP contribution in [0.1, 0.15) is 17.4 Å². The van der Waals surface area contributed by atoms with Crippen LogP contribution in [0.25, 0.3) is 11.3 Å². The van der Waals surface area contributed by atoms with Crippen LogP contribution in [-0.2, 0) is 9.39 Å². The third-order valence-electron chi connectivity index (χ3n) is 6.05. The number of aromatic nitrogens is 3. The molecule has 1 aliphatic heterocycles. The number of anilines is 4. The van der Waals surface area contributed by atoms with E-state index in [0.29, 0.717) is 31.2 Å². The highest BCUT2D eigenvalue weighted by Crippen LogP contribution is 2.27. The van der Waals surface area contributed by atoms with Crippen molar-refractivity contribution in [2.24, 2.45) is 0 Å². The van der Waals surface area contributed by atoms with E-state index in [2.05, 4.69) is 37.0 Å². The summed E-state index contributed by atoms with van der Waals surface area (Å²) in [6.07, 6.45) is 4.89. The first-order valence-corrected chi connectivity index (χ1v) is 11.5. The minimum absolute atomic E-state index is 0.0628. The maximum atomic E-state index is 13.2. The van der Waals surface area contributed by atoms with Crippen molar-refractivity contribution in [3.05, 3.63) is 54.6 Å². The Morgan fingerprint density at radius 1 is 1.26 bits per heavy atom. The number of nitrogens with zero attached hydrogens (tertiary/aromatic N) is 5. The minimum Gasteiger partial charge on any atom is -0.442 e. The Bertz CT molecular complexity index is 1160. The van der Waals surface area contributed by atoms with Crippen LogP contribution in [-0.4, -0.2) is 74.9 Å². The van der Waals surface area contributed by atoms with Gasteiger partial charge in [0, 0.05) is 50.2 Å². The second-order valence-electron chi connectivity index (χ2n) is 8.40. The second kappa shape index (κ2) is 11.2. The smallest absolute Gasteiger partial charge is 0.278 e. The summed E-state index contributed by atoms with van der Waals surface area (Å²) in [5, 5.41) is 2.91. The normalized spacial score (nSPS) is 14.4. The van der Waals surface area contributed by atoms with Gasteiger partial charge in [0.05, 0.1) is 42.7 Å². The van der Waals surface area contributed by atoms with E-state index in [1.807, 2.05) is 37.4 Å². The van der Waals surface area contributed by atoms with E-state index >= 15 is 0 Å². The van der Waals surface area contributed by atoms with E-state index in [0.717, 1.165) is 30.0 Å². The van der Waals surface area contributed by atoms with Gasteiger partial charge in [0.1, 0.15) is 0 Å². The largest absolute Gasteiger partial charge is 0.442 e. The van der Waals surface area contributed by atoms with Gasteiger partial charge in [0.2, 0.25) is 0 Å². The predicted molar refractivity (Wildman–Crippen MR) is 139 cm³/mol. The van der Waals surface area contributed by atoms with Crippen LogP contribution in [0.4, 0.5) is 22.9 Å². The molecular weight excluding hydrogens is 445 g/mol. The number of rotatable bonds is 8. The van der Waals surface area contributed by atoms with Crippen molar-refractivity contribution in [3.63, 3.8) is 0 Å². The number of nitrogens with two attached hydrogens (primary N) is 1. The van der Waals surface area contributed by atoms with Crippen molar-refractivity contribution in [1.29, 1.82) is 0 Å². The molecule has 1 amide bonds. The van der Waals surface area contributed by atoms with Gasteiger partial charge in [-0.15, -0.1) is 0 Å². The summed E-state index contributed by atoms with van der Waals surface area (Å²) in [5.74, 6) is -0.378. The quantitative estimate of drug-likeness (QED) is 0.469. The van der Waals surface area contributed by atoms with Crippen LogP contribution in [0.5, 0.6) is 0 Å². The Morgan fingerprint density at radius 2 is 2.00 bits per heavy atom. The van der Waals surface area contributed by atoms with Crippen LogP contribution in [0, 0.1) is 0 Å². The summed E-state index contributed by atoms with van der Waals surface area (Å²) in [7, 11) is 3.71. The van der Waals surface area contributed by atoms with E-state index in [4.69, 9.17) is 15.1 Å². The zero-order valence-electron chi connectivity index (χ0n) is 20.3. The number of benzene rings is 1. The number of hydrogen-bond acceptors (Lipinski definition) is 9. The number of nitrogen functional groups attached to an aromatic ring is 1. The number of morpholine rings is 1. The highest BCUT2D eigenvalue weighted by atomic mass is 16.5. The summed E-state index contributed by atoms with van der Waals surface area (Å²) in [4.78, 5) is 30.4. The standard InChI is InChI=1S/C24H30BN7O3/c1-16(15-35-25)31(2)18-5-3-17(4-6-18)19-14-28-23(26)22(29-19)24(33)30-20-13-27-8-7-21(20)32-9-11-34-12-10-32/h3-8,13-14,16H,9-12,15,25H2,1-2H3,(H2,26,28)(H,30,33)/t16-/m1/s1. The topological polar surface area (TPSA) is 119 Å². The number of nitrogens with one attached hydrogen (secondary N) is 1. The number of likely N-dealkylation sites (N-methyl/N-ethyl adjacent to an activating group) is 1. The van der Waals surface area contributed by atoms with Crippen molar-refractivity contribution in [2.45, 2.75) is 13.0 Å². The molecule has 10 nitrogen and oxygen atoms in total.